The van der Waals surface area contributed by atoms with Gasteiger partial charge in [0.2, 0.25) is 0 Å². The van der Waals surface area contributed by atoms with Gasteiger partial charge in [-0.25, -0.2) is 8.78 Å². The molecule has 2 rings (SSSR count). The third-order valence-corrected chi connectivity index (χ3v) is 3.83. The molecule has 3 heteroatoms. The Morgan fingerprint density at radius 2 is 1.52 bits per heavy atom. The number of halogens is 2. The van der Waals surface area contributed by atoms with Crippen molar-refractivity contribution in [3.8, 4) is 0 Å². The molecule has 0 bridgehead atoms. The molecular formula is C18H21F2N. The van der Waals surface area contributed by atoms with Gasteiger partial charge in [-0.1, -0.05) is 23.8 Å². The lowest BCUT2D eigenvalue weighted by atomic mass is 9.98. The first kappa shape index (κ1) is 15.6. The Hall–Kier alpha value is -1.74. The molecule has 1 N–H and O–H groups in total. The fourth-order valence-corrected chi connectivity index (χ4v) is 2.63. The Morgan fingerprint density at radius 1 is 0.857 bits per heavy atom. The molecule has 0 aliphatic rings. The molecule has 0 aliphatic heterocycles. The van der Waals surface area contributed by atoms with Gasteiger partial charge in [-0.15, -0.1) is 0 Å². The van der Waals surface area contributed by atoms with E-state index in [9.17, 15) is 8.78 Å². The SMILES string of the molecule is Cc1ccc(C)c(C(C)NC(C)c2cc(F)ccc2F)c1. The molecular weight excluding hydrogens is 268 g/mol. The number of benzene rings is 2. The molecule has 1 nitrogen and oxygen atoms in total. The van der Waals surface area contributed by atoms with Gasteiger partial charge in [0.1, 0.15) is 11.6 Å². The fraction of sp³-hybridized carbons (Fsp3) is 0.333. The highest BCUT2D eigenvalue weighted by Crippen LogP contribution is 2.24. The smallest absolute Gasteiger partial charge is 0.128 e. The summed E-state index contributed by atoms with van der Waals surface area (Å²) >= 11 is 0. The first-order chi connectivity index (χ1) is 9.88. The Balaban J connectivity index is 2.20. The first-order valence-corrected chi connectivity index (χ1v) is 7.16. The van der Waals surface area contributed by atoms with E-state index in [0.717, 1.165) is 6.07 Å². The highest BCUT2D eigenvalue weighted by atomic mass is 19.1. The molecule has 0 amide bonds. The maximum atomic E-state index is 13.8. The second kappa shape index (κ2) is 6.35. The highest BCUT2D eigenvalue weighted by Gasteiger charge is 2.16. The number of rotatable bonds is 4. The van der Waals surface area contributed by atoms with E-state index >= 15 is 0 Å². The quantitative estimate of drug-likeness (QED) is 0.835. The average Bonchev–Trinajstić information content (AvgIpc) is 2.43. The van der Waals surface area contributed by atoms with Crippen molar-refractivity contribution in [2.45, 2.75) is 39.8 Å². The lowest BCUT2D eigenvalue weighted by Crippen LogP contribution is -2.24. The van der Waals surface area contributed by atoms with Crippen LogP contribution in [-0.2, 0) is 0 Å². The van der Waals surface area contributed by atoms with Crippen molar-refractivity contribution in [1.29, 1.82) is 0 Å². The van der Waals surface area contributed by atoms with Crippen LogP contribution in [0.2, 0.25) is 0 Å². The van der Waals surface area contributed by atoms with Gasteiger partial charge in [0.25, 0.3) is 0 Å². The van der Waals surface area contributed by atoms with Gasteiger partial charge in [0.05, 0.1) is 0 Å². The van der Waals surface area contributed by atoms with Crippen molar-refractivity contribution >= 4 is 0 Å². The van der Waals surface area contributed by atoms with E-state index in [2.05, 4.69) is 30.4 Å². The van der Waals surface area contributed by atoms with Crippen LogP contribution in [0, 0.1) is 25.5 Å². The summed E-state index contributed by atoms with van der Waals surface area (Å²) in [5.74, 6) is -0.802. The molecule has 2 atom stereocenters. The molecule has 0 saturated carbocycles. The van der Waals surface area contributed by atoms with Crippen molar-refractivity contribution in [2.24, 2.45) is 0 Å². The Labute approximate surface area is 125 Å². The maximum absolute atomic E-state index is 13.8. The van der Waals surface area contributed by atoms with Gasteiger partial charge >= 0.3 is 0 Å². The van der Waals surface area contributed by atoms with Crippen molar-refractivity contribution in [2.75, 3.05) is 0 Å². The molecule has 2 aromatic rings. The van der Waals surface area contributed by atoms with Crippen molar-refractivity contribution in [3.05, 3.63) is 70.3 Å². The van der Waals surface area contributed by atoms with Crippen LogP contribution in [0.1, 0.15) is 48.2 Å². The minimum Gasteiger partial charge on any atom is -0.304 e. The Bertz CT molecular complexity index is 582. The summed E-state index contributed by atoms with van der Waals surface area (Å²) in [5, 5.41) is 3.34. The minimum absolute atomic E-state index is 0.0579. The third kappa shape index (κ3) is 3.67. The van der Waals surface area contributed by atoms with Crippen LogP contribution in [0.25, 0.3) is 0 Å². The summed E-state index contributed by atoms with van der Waals surface area (Å²) in [6.07, 6.45) is 0. The van der Waals surface area contributed by atoms with Gasteiger partial charge in [-0.3, -0.25) is 0 Å². The topological polar surface area (TPSA) is 12.0 Å². The molecule has 112 valence electrons. The molecule has 21 heavy (non-hydrogen) atoms. The van der Waals surface area contributed by atoms with Crippen molar-refractivity contribution < 1.29 is 8.78 Å². The molecule has 0 spiro atoms. The molecule has 0 saturated heterocycles. The zero-order valence-electron chi connectivity index (χ0n) is 12.9. The summed E-state index contributed by atoms with van der Waals surface area (Å²) in [7, 11) is 0. The number of aryl methyl sites for hydroxylation is 2. The second-order valence-corrected chi connectivity index (χ2v) is 5.64. The van der Waals surface area contributed by atoms with Gasteiger partial charge < -0.3 is 5.32 Å². The van der Waals surface area contributed by atoms with Crippen LogP contribution >= 0.6 is 0 Å². The van der Waals surface area contributed by atoms with Crippen LogP contribution in [-0.4, -0.2) is 0 Å². The number of hydrogen-bond acceptors (Lipinski definition) is 1. The average molecular weight is 289 g/mol. The zero-order chi connectivity index (χ0) is 15.6. The van der Waals surface area contributed by atoms with E-state index in [1.165, 1.54) is 28.8 Å². The van der Waals surface area contributed by atoms with E-state index < -0.39 is 5.82 Å². The van der Waals surface area contributed by atoms with Gasteiger partial charge in [-0.2, -0.15) is 0 Å². The molecule has 0 fully saturated rings. The second-order valence-electron chi connectivity index (χ2n) is 5.64. The van der Waals surface area contributed by atoms with Crippen LogP contribution in [0.15, 0.2) is 36.4 Å². The monoisotopic (exact) mass is 289 g/mol. The highest BCUT2D eigenvalue weighted by molar-refractivity contribution is 5.33. The lowest BCUT2D eigenvalue weighted by Gasteiger charge is -2.23. The van der Waals surface area contributed by atoms with Crippen molar-refractivity contribution in [1.82, 2.24) is 5.32 Å². The Morgan fingerprint density at radius 3 is 2.24 bits per heavy atom. The van der Waals surface area contributed by atoms with Gasteiger partial charge in [0, 0.05) is 17.6 Å². The van der Waals surface area contributed by atoms with Gasteiger partial charge in [0.15, 0.2) is 0 Å². The summed E-state index contributed by atoms with van der Waals surface area (Å²) in [6.45, 7) is 7.99. The van der Waals surface area contributed by atoms with Crippen LogP contribution in [0.3, 0.4) is 0 Å². The largest absolute Gasteiger partial charge is 0.304 e. The van der Waals surface area contributed by atoms with Gasteiger partial charge in [-0.05, 0) is 57.0 Å². The Kier molecular flexibility index (Phi) is 4.73. The number of nitrogens with one attached hydrogen (secondary N) is 1. The molecule has 0 radical (unpaired) electrons. The predicted octanol–water partition coefficient (Wildman–Crippen LogP) is 4.99. The molecule has 2 unspecified atom stereocenters. The van der Waals surface area contributed by atoms with Crippen LogP contribution in [0.5, 0.6) is 0 Å². The maximum Gasteiger partial charge on any atom is 0.128 e. The predicted molar refractivity (Wildman–Crippen MR) is 82.2 cm³/mol. The zero-order valence-corrected chi connectivity index (χ0v) is 12.9. The minimum atomic E-state index is -0.417. The van der Waals surface area contributed by atoms with Crippen LogP contribution < -0.4 is 5.32 Å². The van der Waals surface area contributed by atoms with Crippen molar-refractivity contribution in [3.63, 3.8) is 0 Å². The molecule has 0 aliphatic carbocycles. The molecule has 0 aromatic heterocycles. The number of hydrogen-bond donors (Lipinski definition) is 1. The van der Waals surface area contributed by atoms with E-state index in [0.29, 0.717) is 5.56 Å². The normalized spacial score (nSPS) is 14.0. The lowest BCUT2D eigenvalue weighted by molar-refractivity contribution is 0.468. The fourth-order valence-electron chi connectivity index (χ4n) is 2.63. The van der Waals surface area contributed by atoms with E-state index in [1.807, 2.05) is 20.8 Å². The van der Waals surface area contributed by atoms with E-state index in [1.54, 1.807) is 0 Å². The molecule has 2 aromatic carbocycles. The third-order valence-electron chi connectivity index (χ3n) is 3.83. The van der Waals surface area contributed by atoms with Crippen LogP contribution in [0.4, 0.5) is 8.78 Å². The molecule has 0 heterocycles. The summed E-state index contributed by atoms with van der Waals surface area (Å²) < 4.78 is 27.1. The summed E-state index contributed by atoms with van der Waals surface area (Å²) in [5.41, 5.74) is 3.91. The summed E-state index contributed by atoms with van der Waals surface area (Å²) in [6, 6.07) is 9.63. The van der Waals surface area contributed by atoms with E-state index in [-0.39, 0.29) is 17.9 Å². The first-order valence-electron chi connectivity index (χ1n) is 7.16. The van der Waals surface area contributed by atoms with E-state index in [4.69, 9.17) is 0 Å². The standard InChI is InChI=1S/C18H21F2N/c1-11-5-6-12(2)16(9-11)13(3)21-14(4)17-10-15(19)7-8-18(17)20/h5-10,13-14,21H,1-4H3. The summed E-state index contributed by atoms with van der Waals surface area (Å²) in [4.78, 5) is 0.